The van der Waals surface area contributed by atoms with E-state index in [1.807, 2.05) is 76.2 Å². The average Bonchev–Trinajstić information content (AvgIpc) is 3.21. The van der Waals surface area contributed by atoms with Gasteiger partial charge in [0.15, 0.2) is 0 Å². The summed E-state index contributed by atoms with van der Waals surface area (Å²) in [5.41, 5.74) is 8.71. The third-order valence-corrected chi connectivity index (χ3v) is 8.60. The van der Waals surface area contributed by atoms with E-state index in [1.54, 1.807) is 68.0 Å². The van der Waals surface area contributed by atoms with Gasteiger partial charge in [0, 0.05) is 40.5 Å². The van der Waals surface area contributed by atoms with Gasteiger partial charge in [-0.3, -0.25) is 9.59 Å². The molecule has 0 aliphatic heterocycles. The van der Waals surface area contributed by atoms with Crippen LogP contribution in [-0.4, -0.2) is 46.2 Å². The Kier molecular flexibility index (Phi) is 15.3. The SMILES string of the molecule is COc1ncccc1CO.COc1ncccc1COc1ccc(C(=O)Nc2cccc(C)c2C)cc1.Cc1cccc(NC(=O)c2ccc(O)cc2)c1C. The largest absolute Gasteiger partial charge is 0.508 e. The molecule has 55 heavy (non-hydrogen) atoms. The van der Waals surface area contributed by atoms with Crippen LogP contribution in [0.5, 0.6) is 23.3 Å². The lowest BCUT2D eigenvalue weighted by Gasteiger charge is -2.11. The fourth-order valence-electron chi connectivity index (χ4n) is 5.08. The first-order chi connectivity index (χ1) is 26.5. The van der Waals surface area contributed by atoms with Crippen molar-refractivity contribution >= 4 is 23.2 Å². The summed E-state index contributed by atoms with van der Waals surface area (Å²) in [7, 11) is 3.11. The van der Waals surface area contributed by atoms with E-state index in [9.17, 15) is 14.7 Å². The Morgan fingerprint density at radius 2 is 1.05 bits per heavy atom. The molecule has 2 aromatic heterocycles. The van der Waals surface area contributed by atoms with E-state index in [0.717, 1.165) is 39.2 Å². The van der Waals surface area contributed by atoms with Crippen molar-refractivity contribution < 1.29 is 34.0 Å². The van der Waals surface area contributed by atoms with Crippen LogP contribution in [0.3, 0.4) is 0 Å². The minimum absolute atomic E-state index is 0.0307. The van der Waals surface area contributed by atoms with Crippen LogP contribution in [0.15, 0.2) is 122 Å². The number of carbonyl (C=O) groups is 2. The number of rotatable bonds is 10. The molecule has 4 N–H and O–H groups in total. The summed E-state index contributed by atoms with van der Waals surface area (Å²) in [4.78, 5) is 32.5. The number of pyridine rings is 2. The summed E-state index contributed by atoms with van der Waals surface area (Å²) in [6, 6.07) is 32.1. The highest BCUT2D eigenvalue weighted by Crippen LogP contribution is 2.22. The number of benzene rings is 4. The minimum atomic E-state index is -0.177. The molecule has 2 heterocycles. The molecule has 0 aliphatic rings. The summed E-state index contributed by atoms with van der Waals surface area (Å²) in [5.74, 6) is 1.53. The fraction of sp³-hybridized carbons (Fsp3) is 0.182. The molecule has 4 aromatic carbocycles. The number of nitrogens with one attached hydrogen (secondary N) is 2. The number of aliphatic hydroxyl groups excluding tert-OH is 1. The Balaban J connectivity index is 0.000000205. The first-order valence-corrected chi connectivity index (χ1v) is 17.4. The van der Waals surface area contributed by atoms with Crippen LogP contribution in [0, 0.1) is 27.7 Å². The Morgan fingerprint density at radius 1 is 0.600 bits per heavy atom. The fourth-order valence-corrected chi connectivity index (χ4v) is 5.08. The van der Waals surface area contributed by atoms with E-state index in [1.165, 1.54) is 19.2 Å². The number of anilines is 2. The number of aryl methyl sites for hydroxylation is 2. The normalized spacial score (nSPS) is 10.1. The number of hydrogen-bond donors (Lipinski definition) is 4. The first-order valence-electron chi connectivity index (χ1n) is 17.4. The lowest BCUT2D eigenvalue weighted by atomic mass is 10.1. The van der Waals surface area contributed by atoms with Crippen LogP contribution in [0.25, 0.3) is 0 Å². The predicted octanol–water partition coefficient (Wildman–Crippen LogP) is 8.38. The van der Waals surface area contributed by atoms with Crippen molar-refractivity contribution in [3.8, 4) is 23.3 Å². The molecule has 11 heteroatoms. The van der Waals surface area contributed by atoms with Crippen molar-refractivity contribution in [2.75, 3.05) is 24.9 Å². The third kappa shape index (κ3) is 11.9. The number of ether oxygens (including phenoxy) is 3. The number of aliphatic hydroxyl groups is 1. The monoisotopic (exact) mass is 742 g/mol. The lowest BCUT2D eigenvalue weighted by Crippen LogP contribution is -2.13. The number of carbonyl (C=O) groups excluding carboxylic acids is 2. The first kappa shape index (κ1) is 41.0. The minimum Gasteiger partial charge on any atom is -0.508 e. The van der Waals surface area contributed by atoms with E-state index >= 15 is 0 Å². The van der Waals surface area contributed by atoms with Crippen molar-refractivity contribution in [2.45, 2.75) is 40.9 Å². The van der Waals surface area contributed by atoms with Crippen molar-refractivity contribution in [1.29, 1.82) is 0 Å². The molecule has 0 atom stereocenters. The number of phenols is 1. The highest BCUT2D eigenvalue weighted by Gasteiger charge is 2.11. The van der Waals surface area contributed by atoms with Gasteiger partial charge in [0.2, 0.25) is 11.8 Å². The number of phenolic OH excluding ortho intramolecular Hbond substituents is 1. The number of methoxy groups -OCH3 is 2. The van der Waals surface area contributed by atoms with E-state index < -0.39 is 0 Å². The molecule has 6 aromatic rings. The van der Waals surface area contributed by atoms with E-state index in [0.29, 0.717) is 40.8 Å². The zero-order valence-corrected chi connectivity index (χ0v) is 31.8. The maximum absolute atomic E-state index is 12.5. The van der Waals surface area contributed by atoms with Gasteiger partial charge in [-0.1, -0.05) is 24.3 Å². The van der Waals surface area contributed by atoms with Crippen LogP contribution in [-0.2, 0) is 13.2 Å². The molecule has 0 radical (unpaired) electrons. The van der Waals surface area contributed by atoms with Crippen molar-refractivity contribution in [3.05, 3.63) is 166 Å². The van der Waals surface area contributed by atoms with Gasteiger partial charge in [-0.15, -0.1) is 0 Å². The van der Waals surface area contributed by atoms with E-state index in [-0.39, 0.29) is 24.2 Å². The van der Waals surface area contributed by atoms with Crippen LogP contribution in [0.1, 0.15) is 54.1 Å². The smallest absolute Gasteiger partial charge is 0.255 e. The summed E-state index contributed by atoms with van der Waals surface area (Å²) in [5, 5.41) is 23.7. The molecule has 0 bridgehead atoms. The van der Waals surface area contributed by atoms with Gasteiger partial charge in [-0.25, -0.2) is 9.97 Å². The topological polar surface area (TPSA) is 152 Å². The van der Waals surface area contributed by atoms with E-state index in [4.69, 9.17) is 19.3 Å². The lowest BCUT2D eigenvalue weighted by molar-refractivity contribution is 0.101. The number of aromatic hydroxyl groups is 1. The Labute approximate surface area is 321 Å². The van der Waals surface area contributed by atoms with Gasteiger partial charge >= 0.3 is 0 Å². The van der Waals surface area contributed by atoms with Gasteiger partial charge in [-0.2, -0.15) is 0 Å². The standard InChI is InChI=1S/C22H22N2O3.C15H15NO2.C7H9NO2/c1-15-6-4-8-20(16(15)2)24-21(25)17-9-11-19(12-10-17)27-14-18-7-5-13-23-22(18)26-3;1-10-4-3-5-14(11(10)2)16-15(18)12-6-8-13(17)9-7-12;1-10-7-6(5-9)3-2-4-8-7/h4-13H,14H2,1-3H3,(H,24,25);3-9,17H,1-2H3,(H,16,18);2-4,9H,5H2,1H3. The van der Waals surface area contributed by atoms with Gasteiger partial charge in [0.25, 0.3) is 11.8 Å². The second-order valence-corrected chi connectivity index (χ2v) is 12.3. The zero-order valence-electron chi connectivity index (χ0n) is 31.8. The summed E-state index contributed by atoms with van der Waals surface area (Å²) in [6.45, 7) is 8.30. The highest BCUT2D eigenvalue weighted by atomic mass is 16.5. The molecule has 284 valence electrons. The number of nitrogens with zero attached hydrogens (tertiary/aromatic N) is 2. The summed E-state index contributed by atoms with van der Waals surface area (Å²) >= 11 is 0. The summed E-state index contributed by atoms with van der Waals surface area (Å²) in [6.07, 6.45) is 3.30. The number of hydrogen-bond acceptors (Lipinski definition) is 9. The molecule has 0 saturated heterocycles. The molecule has 6 rings (SSSR count). The summed E-state index contributed by atoms with van der Waals surface area (Å²) < 4.78 is 15.9. The number of amides is 2. The van der Waals surface area contributed by atoms with Crippen LogP contribution in [0.4, 0.5) is 11.4 Å². The van der Waals surface area contributed by atoms with Gasteiger partial charge in [-0.05, 0) is 135 Å². The molecule has 2 amide bonds. The Morgan fingerprint density at radius 3 is 1.51 bits per heavy atom. The molecule has 0 fully saturated rings. The second-order valence-electron chi connectivity index (χ2n) is 12.3. The van der Waals surface area contributed by atoms with Crippen molar-refractivity contribution in [3.63, 3.8) is 0 Å². The van der Waals surface area contributed by atoms with Crippen molar-refractivity contribution in [1.82, 2.24) is 9.97 Å². The maximum Gasteiger partial charge on any atom is 0.255 e. The van der Waals surface area contributed by atoms with Gasteiger partial charge < -0.3 is 35.1 Å². The predicted molar refractivity (Wildman–Crippen MR) is 214 cm³/mol. The highest BCUT2D eigenvalue weighted by molar-refractivity contribution is 6.05. The second kappa shape index (κ2) is 20.5. The molecule has 0 aliphatic carbocycles. The molecule has 0 saturated carbocycles. The number of aromatic nitrogens is 2. The maximum atomic E-state index is 12.5. The van der Waals surface area contributed by atoms with Crippen LogP contribution in [0.2, 0.25) is 0 Å². The zero-order chi connectivity index (χ0) is 39.7. The Bertz CT molecular complexity index is 2150. The Hall–Kier alpha value is -6.72. The molecular weight excluding hydrogens is 697 g/mol. The quantitative estimate of drug-likeness (QED) is 0.108. The van der Waals surface area contributed by atoms with Gasteiger partial charge in [0.05, 0.1) is 26.4 Å². The molecular formula is C44H46N4O7. The van der Waals surface area contributed by atoms with Crippen LogP contribution < -0.4 is 24.8 Å². The average molecular weight is 743 g/mol. The molecule has 0 unspecified atom stereocenters. The van der Waals surface area contributed by atoms with E-state index in [2.05, 4.69) is 20.6 Å². The molecule has 0 spiro atoms. The van der Waals surface area contributed by atoms with Gasteiger partial charge in [0.1, 0.15) is 18.1 Å². The van der Waals surface area contributed by atoms with Crippen molar-refractivity contribution in [2.24, 2.45) is 0 Å². The molecule has 11 nitrogen and oxygen atoms in total. The third-order valence-electron chi connectivity index (χ3n) is 8.60. The van der Waals surface area contributed by atoms with Crippen LogP contribution >= 0.6 is 0 Å².